The van der Waals surface area contributed by atoms with Gasteiger partial charge in [-0.15, -0.1) is 0 Å². The summed E-state index contributed by atoms with van der Waals surface area (Å²) in [5.41, 5.74) is 5.15. The molecule has 0 bridgehead atoms. The van der Waals surface area contributed by atoms with Crippen molar-refractivity contribution in [3.63, 3.8) is 0 Å². The average molecular weight is 234 g/mol. The average Bonchev–Trinajstić information content (AvgIpc) is 2.18. The maximum Gasteiger partial charge on any atom is 0.240 e. The lowest BCUT2D eigenvalue weighted by Crippen LogP contribution is -2.57. The quantitative estimate of drug-likeness (QED) is 0.653. The number of rotatable bonds is 4. The molecule has 88 valence electrons. The third-order valence-electron chi connectivity index (χ3n) is 2.51. The Morgan fingerprint density at radius 1 is 1.53 bits per heavy atom. The van der Waals surface area contributed by atoms with Gasteiger partial charge in [0.25, 0.3) is 0 Å². The summed E-state index contributed by atoms with van der Waals surface area (Å²) >= 11 is 0. The van der Waals surface area contributed by atoms with Crippen molar-refractivity contribution >= 4 is 16.7 Å². The summed E-state index contributed by atoms with van der Waals surface area (Å²) in [6.07, 6.45) is 2.71. The number of amides is 1. The number of ether oxygens (including phenoxy) is 1. The highest BCUT2D eigenvalue weighted by Crippen LogP contribution is 2.17. The molecule has 1 saturated heterocycles. The van der Waals surface area contributed by atoms with Gasteiger partial charge in [-0.3, -0.25) is 9.00 Å². The van der Waals surface area contributed by atoms with Crippen LogP contribution in [0.25, 0.3) is 0 Å². The largest absolute Gasteiger partial charge is 0.381 e. The number of carbonyl (C=O) groups excluding carboxylic acids is 1. The molecule has 0 aromatic rings. The second-order valence-electron chi connectivity index (χ2n) is 3.80. The van der Waals surface area contributed by atoms with Crippen molar-refractivity contribution in [1.82, 2.24) is 5.32 Å². The molecule has 1 aliphatic rings. The zero-order valence-corrected chi connectivity index (χ0v) is 9.77. The van der Waals surface area contributed by atoms with Crippen molar-refractivity contribution < 1.29 is 13.7 Å². The number of hydrogen-bond donors (Lipinski definition) is 2. The van der Waals surface area contributed by atoms with Crippen LogP contribution >= 0.6 is 0 Å². The predicted octanol–water partition coefficient (Wildman–Crippen LogP) is -1.01. The van der Waals surface area contributed by atoms with E-state index in [9.17, 15) is 9.00 Å². The summed E-state index contributed by atoms with van der Waals surface area (Å²) < 4.78 is 15.9. The van der Waals surface area contributed by atoms with Gasteiger partial charge in [0, 0.05) is 42.6 Å². The summed E-state index contributed by atoms with van der Waals surface area (Å²) in [5.74, 6) is 0.314. The first-order valence-corrected chi connectivity index (χ1v) is 6.72. The fraction of sp³-hybridized carbons (Fsp3) is 0.889. The summed E-state index contributed by atoms with van der Waals surface area (Å²) in [5, 5.41) is 2.71. The Labute approximate surface area is 92.2 Å². The standard InChI is InChI=1S/C9H18N2O3S/c1-15(13)7-4-11-8(12)9(10)2-5-14-6-3-9/h2-7,10H2,1H3,(H,11,12). The molecule has 1 aliphatic heterocycles. The maximum absolute atomic E-state index is 11.7. The molecule has 1 unspecified atom stereocenters. The highest BCUT2D eigenvalue weighted by atomic mass is 32.2. The van der Waals surface area contributed by atoms with Gasteiger partial charge in [-0.2, -0.15) is 0 Å². The number of nitrogens with one attached hydrogen (secondary N) is 1. The van der Waals surface area contributed by atoms with E-state index in [0.717, 1.165) is 0 Å². The lowest BCUT2D eigenvalue weighted by atomic mass is 9.90. The van der Waals surface area contributed by atoms with Crippen LogP contribution in [0.2, 0.25) is 0 Å². The molecule has 15 heavy (non-hydrogen) atoms. The number of nitrogens with two attached hydrogens (primary N) is 1. The Morgan fingerprint density at radius 3 is 2.67 bits per heavy atom. The fourth-order valence-electron chi connectivity index (χ4n) is 1.45. The second-order valence-corrected chi connectivity index (χ2v) is 5.36. The highest BCUT2D eigenvalue weighted by Gasteiger charge is 2.35. The van der Waals surface area contributed by atoms with E-state index in [0.29, 0.717) is 38.4 Å². The van der Waals surface area contributed by atoms with Gasteiger partial charge in [0.05, 0.1) is 5.54 Å². The van der Waals surface area contributed by atoms with Crippen LogP contribution in [0.4, 0.5) is 0 Å². The Kier molecular flexibility index (Phi) is 4.69. The summed E-state index contributed by atoms with van der Waals surface area (Å²) in [4.78, 5) is 11.7. The zero-order chi connectivity index (χ0) is 11.3. The minimum absolute atomic E-state index is 0.156. The molecule has 5 nitrogen and oxygen atoms in total. The van der Waals surface area contributed by atoms with Gasteiger partial charge >= 0.3 is 0 Å². The summed E-state index contributed by atoms with van der Waals surface area (Å²) in [7, 11) is -0.881. The SMILES string of the molecule is CS(=O)CCNC(=O)C1(N)CCOCC1. The van der Waals surface area contributed by atoms with Crippen LogP contribution in [0.3, 0.4) is 0 Å². The molecule has 0 radical (unpaired) electrons. The van der Waals surface area contributed by atoms with E-state index in [-0.39, 0.29) is 5.91 Å². The van der Waals surface area contributed by atoms with Crippen molar-refractivity contribution in [3.05, 3.63) is 0 Å². The van der Waals surface area contributed by atoms with Crippen LogP contribution in [0.1, 0.15) is 12.8 Å². The number of hydrogen-bond acceptors (Lipinski definition) is 4. The molecule has 0 aliphatic carbocycles. The molecular weight excluding hydrogens is 216 g/mol. The molecule has 6 heteroatoms. The van der Waals surface area contributed by atoms with Crippen molar-refractivity contribution in [3.8, 4) is 0 Å². The first kappa shape index (κ1) is 12.6. The van der Waals surface area contributed by atoms with E-state index in [1.807, 2.05) is 0 Å². The molecule has 1 fully saturated rings. The third kappa shape index (κ3) is 3.89. The molecule has 0 spiro atoms. The van der Waals surface area contributed by atoms with Crippen LogP contribution in [-0.2, 0) is 20.3 Å². The van der Waals surface area contributed by atoms with Gasteiger partial charge in [-0.1, -0.05) is 0 Å². The Hall–Kier alpha value is -0.460. The van der Waals surface area contributed by atoms with Crippen molar-refractivity contribution in [1.29, 1.82) is 0 Å². The maximum atomic E-state index is 11.7. The molecule has 1 amide bonds. The zero-order valence-electron chi connectivity index (χ0n) is 8.95. The minimum atomic E-state index is -0.881. The van der Waals surface area contributed by atoms with Crippen LogP contribution in [-0.4, -0.2) is 47.4 Å². The monoisotopic (exact) mass is 234 g/mol. The summed E-state index contributed by atoms with van der Waals surface area (Å²) in [6, 6.07) is 0. The van der Waals surface area contributed by atoms with Crippen LogP contribution < -0.4 is 11.1 Å². The van der Waals surface area contributed by atoms with Crippen LogP contribution in [0, 0.1) is 0 Å². The van der Waals surface area contributed by atoms with Gasteiger partial charge in [0.2, 0.25) is 5.91 Å². The smallest absolute Gasteiger partial charge is 0.240 e. The molecule has 0 aromatic carbocycles. The van der Waals surface area contributed by atoms with Crippen LogP contribution in [0.15, 0.2) is 0 Å². The Bertz CT molecular complexity index is 252. The van der Waals surface area contributed by atoms with E-state index < -0.39 is 16.3 Å². The normalized spacial score (nSPS) is 22.0. The van der Waals surface area contributed by atoms with Gasteiger partial charge in [0.1, 0.15) is 0 Å². The van der Waals surface area contributed by atoms with E-state index in [4.69, 9.17) is 10.5 Å². The van der Waals surface area contributed by atoms with Crippen molar-refractivity contribution in [2.24, 2.45) is 5.73 Å². The molecule has 1 atom stereocenters. The Morgan fingerprint density at radius 2 is 2.13 bits per heavy atom. The first-order valence-electron chi connectivity index (χ1n) is 4.99. The van der Waals surface area contributed by atoms with E-state index in [1.54, 1.807) is 6.26 Å². The highest BCUT2D eigenvalue weighted by molar-refractivity contribution is 7.84. The molecule has 0 saturated carbocycles. The minimum Gasteiger partial charge on any atom is -0.381 e. The molecule has 0 aromatic heterocycles. The third-order valence-corrected chi connectivity index (χ3v) is 3.29. The molecular formula is C9H18N2O3S. The summed E-state index contributed by atoms with van der Waals surface area (Å²) in [6.45, 7) is 1.48. The van der Waals surface area contributed by atoms with Gasteiger partial charge < -0.3 is 15.8 Å². The van der Waals surface area contributed by atoms with Crippen LogP contribution in [0.5, 0.6) is 0 Å². The van der Waals surface area contributed by atoms with Gasteiger partial charge in [-0.05, 0) is 12.8 Å². The topological polar surface area (TPSA) is 81.4 Å². The van der Waals surface area contributed by atoms with Gasteiger partial charge in [-0.25, -0.2) is 0 Å². The lowest BCUT2D eigenvalue weighted by Gasteiger charge is -2.31. The Balaban J connectivity index is 2.34. The molecule has 1 rings (SSSR count). The van der Waals surface area contributed by atoms with E-state index >= 15 is 0 Å². The van der Waals surface area contributed by atoms with Crippen molar-refractivity contribution in [2.45, 2.75) is 18.4 Å². The van der Waals surface area contributed by atoms with Crippen molar-refractivity contribution in [2.75, 3.05) is 31.8 Å². The molecule has 1 heterocycles. The number of carbonyl (C=O) groups is 1. The fourth-order valence-corrected chi connectivity index (χ4v) is 1.84. The lowest BCUT2D eigenvalue weighted by molar-refractivity contribution is -0.129. The predicted molar refractivity (Wildman–Crippen MR) is 58.9 cm³/mol. The van der Waals surface area contributed by atoms with E-state index in [2.05, 4.69) is 5.32 Å². The second kappa shape index (κ2) is 5.58. The van der Waals surface area contributed by atoms with E-state index in [1.165, 1.54) is 0 Å². The van der Waals surface area contributed by atoms with Gasteiger partial charge in [0.15, 0.2) is 0 Å². The molecule has 3 N–H and O–H groups in total. The first-order chi connectivity index (χ1) is 7.04.